The topological polar surface area (TPSA) is 71.1 Å². The molecule has 4 rings (SSSR count). The van der Waals surface area contributed by atoms with Crippen molar-refractivity contribution in [1.29, 1.82) is 0 Å². The van der Waals surface area contributed by atoms with Gasteiger partial charge in [-0.25, -0.2) is 0 Å². The molecule has 6 nitrogen and oxygen atoms in total. The Labute approximate surface area is 221 Å². The number of hydrogen-bond acceptors (Lipinski definition) is 6. The molecule has 0 fully saturated rings. The molecule has 0 aromatic heterocycles. The van der Waals surface area contributed by atoms with Crippen molar-refractivity contribution < 1.29 is 25.3 Å². The van der Waals surface area contributed by atoms with Gasteiger partial charge in [-0.1, -0.05) is 0 Å². The zero-order chi connectivity index (χ0) is 26.1. The third-order valence-corrected chi connectivity index (χ3v) is 12.6. The fourth-order valence-corrected chi connectivity index (χ4v) is 10.1. The molecular formula is C30H28O6Te. The van der Waals surface area contributed by atoms with Crippen molar-refractivity contribution in [3.8, 4) is 11.5 Å². The molecule has 0 aliphatic carbocycles. The van der Waals surface area contributed by atoms with Crippen molar-refractivity contribution in [3.05, 3.63) is 120 Å². The van der Waals surface area contributed by atoms with E-state index in [1.54, 1.807) is 97.1 Å². The van der Waals surface area contributed by atoms with Crippen LogP contribution in [0.3, 0.4) is 0 Å². The van der Waals surface area contributed by atoms with Crippen molar-refractivity contribution in [2.24, 2.45) is 0 Å². The van der Waals surface area contributed by atoms with Gasteiger partial charge in [0.15, 0.2) is 0 Å². The monoisotopic (exact) mass is 614 g/mol. The average molecular weight is 612 g/mol. The van der Waals surface area contributed by atoms with Crippen LogP contribution in [0.2, 0.25) is 0 Å². The van der Waals surface area contributed by atoms with Crippen LogP contribution in [-0.2, 0) is 6.20 Å². The number of carbonyl (C=O) groups is 2. The Bertz CT molecular complexity index is 1200. The van der Waals surface area contributed by atoms with E-state index in [1.807, 2.05) is 26.0 Å². The standard InChI is InChI=1S/C30H28O6Te/c1-3-33-25-15-19-27(20-16-25)37(28-21-17-26(18-22-28)34-4-2,35-29(31)23-11-7-5-8-12-23)36-30(32)24-13-9-6-10-14-24/h5-22H,3-4H2,1-2H3. The maximum atomic E-state index is 13.4. The van der Waals surface area contributed by atoms with Gasteiger partial charge < -0.3 is 0 Å². The van der Waals surface area contributed by atoms with Gasteiger partial charge in [0.1, 0.15) is 0 Å². The van der Waals surface area contributed by atoms with Crippen LogP contribution < -0.4 is 16.7 Å². The van der Waals surface area contributed by atoms with Crippen molar-refractivity contribution in [1.82, 2.24) is 0 Å². The molecule has 0 spiro atoms. The second kappa shape index (κ2) is 12.4. The van der Waals surface area contributed by atoms with Crippen LogP contribution in [0.15, 0.2) is 109 Å². The van der Waals surface area contributed by atoms with Gasteiger partial charge in [-0.05, 0) is 0 Å². The molecule has 0 atom stereocenters. The number of ether oxygens (including phenoxy) is 2. The molecule has 190 valence electrons. The first-order chi connectivity index (χ1) is 18.1. The summed E-state index contributed by atoms with van der Waals surface area (Å²) in [7, 11) is 0. The van der Waals surface area contributed by atoms with Gasteiger partial charge in [-0.2, -0.15) is 0 Å². The van der Waals surface area contributed by atoms with Crippen molar-refractivity contribution >= 4 is 38.2 Å². The molecule has 0 saturated heterocycles. The first-order valence-corrected chi connectivity index (χ1v) is 16.2. The average Bonchev–Trinajstić information content (AvgIpc) is 2.95. The second-order valence-corrected chi connectivity index (χ2v) is 14.3. The van der Waals surface area contributed by atoms with E-state index < -0.39 is 30.9 Å². The predicted octanol–water partition coefficient (Wildman–Crippen LogP) is 4.75. The van der Waals surface area contributed by atoms with E-state index in [0.29, 0.717) is 43.1 Å². The summed E-state index contributed by atoms with van der Waals surface area (Å²) in [5.74, 6) is 0.202. The van der Waals surface area contributed by atoms with Crippen LogP contribution in [-0.4, -0.2) is 44.2 Å². The van der Waals surface area contributed by atoms with E-state index in [1.165, 1.54) is 0 Å². The van der Waals surface area contributed by atoms with Gasteiger partial charge >= 0.3 is 222 Å². The molecule has 0 unspecified atom stereocenters. The Balaban J connectivity index is 1.86. The zero-order valence-electron chi connectivity index (χ0n) is 20.7. The molecular weight excluding hydrogens is 584 g/mol. The summed E-state index contributed by atoms with van der Waals surface area (Å²) in [6.45, 7) is 4.83. The third kappa shape index (κ3) is 6.32. The van der Waals surface area contributed by atoms with Gasteiger partial charge in [-0.15, -0.1) is 0 Å². The molecule has 0 N–H and O–H groups in total. The molecule has 37 heavy (non-hydrogen) atoms. The van der Waals surface area contributed by atoms with Crippen LogP contribution >= 0.6 is 0 Å². The molecule has 0 aliphatic heterocycles. The quantitative estimate of drug-likeness (QED) is 0.241. The predicted molar refractivity (Wildman–Crippen MR) is 144 cm³/mol. The van der Waals surface area contributed by atoms with Crippen molar-refractivity contribution in [2.45, 2.75) is 13.8 Å². The van der Waals surface area contributed by atoms with Crippen LogP contribution in [0.5, 0.6) is 11.5 Å². The normalized spacial score (nSPS) is 11.3. The molecule has 0 heterocycles. The summed E-state index contributed by atoms with van der Waals surface area (Å²) in [4.78, 5) is 26.9. The van der Waals surface area contributed by atoms with E-state index >= 15 is 0 Å². The van der Waals surface area contributed by atoms with E-state index in [9.17, 15) is 9.59 Å². The second-order valence-electron chi connectivity index (χ2n) is 7.79. The minimum absolute atomic E-state index is 0.366. The van der Waals surface area contributed by atoms with Gasteiger partial charge in [0, 0.05) is 0 Å². The zero-order valence-corrected chi connectivity index (χ0v) is 23.0. The van der Waals surface area contributed by atoms with Crippen molar-refractivity contribution in [2.75, 3.05) is 13.2 Å². The Kier molecular flexibility index (Phi) is 8.84. The van der Waals surface area contributed by atoms with Crippen LogP contribution in [0.1, 0.15) is 34.6 Å². The van der Waals surface area contributed by atoms with Crippen LogP contribution in [0, 0.1) is 0 Å². The van der Waals surface area contributed by atoms with Crippen molar-refractivity contribution in [3.63, 3.8) is 0 Å². The van der Waals surface area contributed by atoms with E-state index in [2.05, 4.69) is 0 Å². The van der Waals surface area contributed by atoms with E-state index in [0.717, 1.165) is 0 Å². The number of benzene rings is 4. The van der Waals surface area contributed by atoms with Crippen LogP contribution in [0.4, 0.5) is 0 Å². The summed E-state index contributed by atoms with van der Waals surface area (Å²) in [5.41, 5.74) is 0.733. The minimum atomic E-state index is -4.70. The molecule has 4 aromatic carbocycles. The summed E-state index contributed by atoms with van der Waals surface area (Å²) < 4.78 is 25.1. The third-order valence-electron chi connectivity index (χ3n) is 5.30. The summed E-state index contributed by atoms with van der Waals surface area (Å²) >= 11 is -4.70. The molecule has 0 amide bonds. The molecule has 7 heteroatoms. The SMILES string of the molecule is CCOc1ccc([Te](OC(=O)c2ccccc2)(OC(=O)c2ccccc2)c2ccc(OCC)cc2)cc1. The fourth-order valence-electron chi connectivity index (χ4n) is 3.57. The molecule has 0 radical (unpaired) electrons. The number of rotatable bonds is 10. The first-order valence-electron chi connectivity index (χ1n) is 11.9. The van der Waals surface area contributed by atoms with Gasteiger partial charge in [0.05, 0.1) is 0 Å². The first kappa shape index (κ1) is 26.3. The van der Waals surface area contributed by atoms with Crippen LogP contribution in [0.25, 0.3) is 0 Å². The summed E-state index contributed by atoms with van der Waals surface area (Å²) in [6, 6.07) is 31.8. The van der Waals surface area contributed by atoms with Gasteiger partial charge in [0.2, 0.25) is 0 Å². The van der Waals surface area contributed by atoms with E-state index in [-0.39, 0.29) is 0 Å². The van der Waals surface area contributed by atoms with E-state index in [4.69, 9.17) is 15.7 Å². The summed E-state index contributed by atoms with van der Waals surface area (Å²) in [5, 5.41) is 0. The van der Waals surface area contributed by atoms with Gasteiger partial charge in [0.25, 0.3) is 0 Å². The number of carbonyl (C=O) groups excluding carboxylic acids is 2. The maximum absolute atomic E-state index is 13.4. The number of hydrogen-bond donors (Lipinski definition) is 0. The van der Waals surface area contributed by atoms with Gasteiger partial charge in [-0.3, -0.25) is 0 Å². The molecule has 0 aliphatic rings. The Hall–Kier alpha value is -3.79. The Morgan fingerprint density at radius 3 is 1.22 bits per heavy atom. The molecule has 0 bridgehead atoms. The Morgan fingerprint density at radius 2 is 0.892 bits per heavy atom. The fraction of sp³-hybridized carbons (Fsp3) is 0.133. The Morgan fingerprint density at radius 1 is 0.541 bits per heavy atom. The summed E-state index contributed by atoms with van der Waals surface area (Å²) in [6.07, 6.45) is 0. The molecule has 0 saturated carbocycles. The molecule has 4 aromatic rings.